The van der Waals surface area contributed by atoms with Crippen LogP contribution < -0.4 is 10.2 Å². The summed E-state index contributed by atoms with van der Waals surface area (Å²) in [4.78, 5) is 0. The third kappa shape index (κ3) is 3.65. The Hall–Kier alpha value is -0.995. The first-order valence-electron chi connectivity index (χ1n) is 9.37. The Kier molecular flexibility index (Phi) is 4.99. The molecule has 0 N–H and O–H groups in total. The lowest BCUT2D eigenvalue weighted by Crippen LogP contribution is -2.41. The van der Waals surface area contributed by atoms with Crippen molar-refractivity contribution in [2.24, 2.45) is 5.92 Å². The van der Waals surface area contributed by atoms with Gasteiger partial charge in [0, 0.05) is 0 Å². The van der Waals surface area contributed by atoms with Gasteiger partial charge in [-0.05, 0) is 70.5 Å². The lowest BCUT2D eigenvalue weighted by molar-refractivity contribution is 0.00578. The van der Waals surface area contributed by atoms with E-state index < -0.39 is 0 Å². The lowest BCUT2D eigenvalue weighted by atomic mass is 9.78. The smallest absolute Gasteiger partial charge is 0.493 e. The summed E-state index contributed by atoms with van der Waals surface area (Å²) in [6.07, 6.45) is 6.68. The first-order valence-corrected chi connectivity index (χ1v) is 9.37. The van der Waals surface area contributed by atoms with Crippen LogP contribution in [0.25, 0.3) is 0 Å². The molecule has 1 saturated heterocycles. The highest BCUT2D eigenvalue weighted by Crippen LogP contribution is 2.36. The second-order valence-electron chi connectivity index (χ2n) is 8.43. The molecule has 24 heavy (non-hydrogen) atoms. The summed E-state index contributed by atoms with van der Waals surface area (Å²) in [5, 5.41) is 0. The molecule has 2 aliphatic rings. The molecular formula is C20H31BO3. The van der Waals surface area contributed by atoms with Gasteiger partial charge in [-0.3, -0.25) is 0 Å². The molecule has 1 saturated carbocycles. The van der Waals surface area contributed by atoms with Gasteiger partial charge < -0.3 is 14.0 Å². The van der Waals surface area contributed by atoms with Crippen LogP contribution in [0, 0.1) is 12.8 Å². The van der Waals surface area contributed by atoms with Gasteiger partial charge in [-0.2, -0.15) is 0 Å². The highest BCUT2D eigenvalue weighted by atomic mass is 16.7. The molecule has 132 valence electrons. The molecule has 3 nitrogen and oxygen atoms in total. The summed E-state index contributed by atoms with van der Waals surface area (Å²) in [5.41, 5.74) is 1.58. The van der Waals surface area contributed by atoms with Gasteiger partial charge >= 0.3 is 7.12 Å². The molecule has 0 amide bonds. The SMILES string of the molecule is Cc1ccc(B2OC(C)(C)C(C)(C)O2)cc1OCC1CCCCC1. The van der Waals surface area contributed by atoms with Gasteiger partial charge in [0.15, 0.2) is 0 Å². The zero-order valence-corrected chi connectivity index (χ0v) is 15.9. The summed E-state index contributed by atoms with van der Waals surface area (Å²) in [6.45, 7) is 11.3. The molecule has 0 atom stereocenters. The fourth-order valence-corrected chi connectivity index (χ4v) is 3.46. The van der Waals surface area contributed by atoms with Crippen molar-refractivity contribution < 1.29 is 14.0 Å². The van der Waals surface area contributed by atoms with Crippen LogP contribution in [-0.4, -0.2) is 24.9 Å². The van der Waals surface area contributed by atoms with Crippen LogP contribution >= 0.6 is 0 Å². The monoisotopic (exact) mass is 330 g/mol. The van der Waals surface area contributed by atoms with Crippen LogP contribution in [0.5, 0.6) is 5.75 Å². The highest BCUT2D eigenvalue weighted by molar-refractivity contribution is 6.62. The molecule has 0 bridgehead atoms. The fraction of sp³-hybridized carbons (Fsp3) is 0.700. The highest BCUT2D eigenvalue weighted by Gasteiger charge is 2.51. The van der Waals surface area contributed by atoms with Gasteiger partial charge in [-0.25, -0.2) is 0 Å². The van der Waals surface area contributed by atoms with Crippen molar-refractivity contribution in [1.82, 2.24) is 0 Å². The van der Waals surface area contributed by atoms with E-state index in [1.54, 1.807) is 0 Å². The van der Waals surface area contributed by atoms with E-state index in [0.29, 0.717) is 5.92 Å². The number of ether oxygens (including phenoxy) is 1. The molecule has 1 aromatic rings. The third-order valence-electron chi connectivity index (χ3n) is 5.94. The zero-order valence-electron chi connectivity index (χ0n) is 15.9. The van der Waals surface area contributed by atoms with Gasteiger partial charge in [0.25, 0.3) is 0 Å². The van der Waals surface area contributed by atoms with Crippen molar-refractivity contribution in [2.45, 2.75) is 77.9 Å². The van der Waals surface area contributed by atoms with Gasteiger partial charge in [0.2, 0.25) is 0 Å². The number of hydrogen-bond donors (Lipinski definition) is 0. The average Bonchev–Trinajstić information content (AvgIpc) is 2.75. The van der Waals surface area contributed by atoms with Crippen LogP contribution in [0.3, 0.4) is 0 Å². The second kappa shape index (κ2) is 6.72. The molecule has 4 heteroatoms. The summed E-state index contributed by atoms with van der Waals surface area (Å²) in [7, 11) is -0.326. The van der Waals surface area contributed by atoms with Crippen LogP contribution in [-0.2, 0) is 9.31 Å². The lowest BCUT2D eigenvalue weighted by Gasteiger charge is -2.32. The molecule has 3 rings (SSSR count). The maximum atomic E-state index is 6.17. The van der Waals surface area contributed by atoms with Crippen molar-refractivity contribution in [1.29, 1.82) is 0 Å². The predicted molar refractivity (Wildman–Crippen MR) is 99.0 cm³/mol. The molecule has 1 aromatic carbocycles. The second-order valence-corrected chi connectivity index (χ2v) is 8.43. The number of aryl methyl sites for hydroxylation is 1. The number of benzene rings is 1. The van der Waals surface area contributed by atoms with Gasteiger partial charge in [-0.15, -0.1) is 0 Å². The van der Waals surface area contributed by atoms with Crippen LogP contribution in [0.4, 0.5) is 0 Å². The van der Waals surface area contributed by atoms with Crippen molar-refractivity contribution in [3.05, 3.63) is 23.8 Å². The summed E-state index contributed by atoms with van der Waals surface area (Å²) in [5.74, 6) is 1.67. The van der Waals surface area contributed by atoms with E-state index in [2.05, 4.69) is 52.8 Å². The van der Waals surface area contributed by atoms with E-state index in [1.165, 1.54) is 37.7 Å². The summed E-state index contributed by atoms with van der Waals surface area (Å²) < 4.78 is 18.5. The molecule has 0 unspecified atom stereocenters. The minimum Gasteiger partial charge on any atom is -0.493 e. The van der Waals surface area contributed by atoms with E-state index in [0.717, 1.165) is 17.8 Å². The molecule has 1 aliphatic carbocycles. The standard InChI is InChI=1S/C20H31BO3/c1-15-11-12-17(21-23-19(2,3)20(4,5)24-21)13-18(15)22-14-16-9-7-6-8-10-16/h11-13,16H,6-10,14H2,1-5H3. The molecule has 0 spiro atoms. The summed E-state index contributed by atoms with van der Waals surface area (Å²) >= 11 is 0. The Morgan fingerprint density at radius 1 is 1.04 bits per heavy atom. The zero-order chi connectivity index (χ0) is 17.4. The van der Waals surface area contributed by atoms with Crippen LogP contribution in [0.1, 0.15) is 65.4 Å². The Balaban J connectivity index is 1.70. The predicted octanol–water partition coefficient (Wildman–Crippen LogP) is 4.25. The maximum absolute atomic E-state index is 6.17. The number of hydrogen-bond acceptors (Lipinski definition) is 3. The van der Waals surface area contributed by atoms with E-state index >= 15 is 0 Å². The van der Waals surface area contributed by atoms with E-state index in [1.807, 2.05) is 0 Å². The van der Waals surface area contributed by atoms with E-state index in [9.17, 15) is 0 Å². The Labute approximate surface area is 147 Å². The van der Waals surface area contributed by atoms with Gasteiger partial charge in [0.05, 0.1) is 17.8 Å². The largest absolute Gasteiger partial charge is 0.494 e. The van der Waals surface area contributed by atoms with Crippen molar-refractivity contribution in [3.63, 3.8) is 0 Å². The van der Waals surface area contributed by atoms with Crippen LogP contribution in [0.15, 0.2) is 18.2 Å². The average molecular weight is 330 g/mol. The first kappa shape index (κ1) is 17.8. The normalized spacial score (nSPS) is 23.5. The summed E-state index contributed by atoms with van der Waals surface area (Å²) in [6, 6.07) is 6.29. The van der Waals surface area contributed by atoms with Crippen LogP contribution in [0.2, 0.25) is 0 Å². The Morgan fingerprint density at radius 2 is 1.67 bits per heavy atom. The van der Waals surface area contributed by atoms with Crippen molar-refractivity contribution >= 4 is 12.6 Å². The first-order chi connectivity index (χ1) is 11.3. The third-order valence-corrected chi connectivity index (χ3v) is 5.94. The van der Waals surface area contributed by atoms with Gasteiger partial charge in [0.1, 0.15) is 5.75 Å². The molecule has 0 aromatic heterocycles. The maximum Gasteiger partial charge on any atom is 0.494 e. The molecular weight excluding hydrogens is 299 g/mol. The minimum atomic E-state index is -0.326. The Morgan fingerprint density at radius 3 is 2.29 bits per heavy atom. The quantitative estimate of drug-likeness (QED) is 0.772. The molecule has 1 heterocycles. The molecule has 0 radical (unpaired) electrons. The topological polar surface area (TPSA) is 27.7 Å². The molecule has 2 fully saturated rings. The fourth-order valence-electron chi connectivity index (χ4n) is 3.46. The number of rotatable bonds is 4. The minimum absolute atomic E-state index is 0.314. The van der Waals surface area contributed by atoms with E-state index in [4.69, 9.17) is 14.0 Å². The van der Waals surface area contributed by atoms with Gasteiger partial charge in [-0.1, -0.05) is 31.4 Å². The van der Waals surface area contributed by atoms with Crippen molar-refractivity contribution in [3.8, 4) is 5.75 Å². The Bertz CT molecular complexity index is 560. The van der Waals surface area contributed by atoms with E-state index in [-0.39, 0.29) is 18.3 Å². The van der Waals surface area contributed by atoms with Crippen molar-refractivity contribution in [2.75, 3.05) is 6.61 Å². The molecule has 1 aliphatic heterocycles.